The van der Waals surface area contributed by atoms with Crippen LogP contribution in [0.3, 0.4) is 0 Å². The number of rotatable bonds is 2. The minimum atomic E-state index is -0.153. The van der Waals surface area contributed by atoms with Gasteiger partial charge in [-0.2, -0.15) is 0 Å². The molecule has 0 unspecified atom stereocenters. The van der Waals surface area contributed by atoms with Crippen LogP contribution in [0.15, 0.2) is 16.6 Å². The molecule has 0 saturated carbocycles. The summed E-state index contributed by atoms with van der Waals surface area (Å²) in [5, 5.41) is 6.25. The van der Waals surface area contributed by atoms with Crippen LogP contribution in [0.2, 0.25) is 0 Å². The molecule has 0 spiro atoms. The molecule has 3 rings (SSSR count). The van der Waals surface area contributed by atoms with Gasteiger partial charge in [-0.15, -0.1) is 0 Å². The Morgan fingerprint density at radius 1 is 1.32 bits per heavy atom. The van der Waals surface area contributed by atoms with Crippen LogP contribution in [0.25, 0.3) is 0 Å². The summed E-state index contributed by atoms with van der Waals surface area (Å²) in [5.74, 6) is -0.0807. The molecule has 2 atom stereocenters. The fourth-order valence-corrected chi connectivity index (χ4v) is 3.66. The highest BCUT2D eigenvalue weighted by molar-refractivity contribution is 9.10. The van der Waals surface area contributed by atoms with Gasteiger partial charge in [0.25, 0.3) is 0 Å². The number of carbonyl (C=O) groups is 1. The highest BCUT2D eigenvalue weighted by atomic mass is 79.9. The van der Waals surface area contributed by atoms with Crippen LogP contribution in [0.5, 0.6) is 0 Å². The van der Waals surface area contributed by atoms with Crippen molar-refractivity contribution in [3.63, 3.8) is 0 Å². The standard InChI is InChI=1S/C14H16BrFN2O/c15-9-4-5-10(16)8-3-6-11(13(8)9)18-12-2-1-7-17-14(12)19/h4-5,11-12,18H,1-3,6-7H2,(H,17,19)/t11-,12+/m1/s1. The lowest BCUT2D eigenvalue weighted by atomic mass is 10.0. The fraction of sp³-hybridized carbons (Fsp3) is 0.500. The predicted molar refractivity (Wildman–Crippen MR) is 74.3 cm³/mol. The number of fused-ring (bicyclic) bond motifs is 1. The number of piperidine rings is 1. The van der Waals surface area contributed by atoms with Crippen molar-refractivity contribution in [2.24, 2.45) is 0 Å². The molecule has 2 N–H and O–H groups in total. The van der Waals surface area contributed by atoms with Gasteiger partial charge in [0.15, 0.2) is 0 Å². The summed E-state index contributed by atoms with van der Waals surface area (Å²) in [5.41, 5.74) is 1.77. The molecule has 5 heteroatoms. The summed E-state index contributed by atoms with van der Waals surface area (Å²) in [6.45, 7) is 0.761. The Morgan fingerprint density at radius 3 is 2.95 bits per heavy atom. The van der Waals surface area contributed by atoms with Gasteiger partial charge in [0, 0.05) is 17.1 Å². The lowest BCUT2D eigenvalue weighted by Gasteiger charge is -2.26. The second-order valence-corrected chi connectivity index (χ2v) is 6.02. The van der Waals surface area contributed by atoms with Gasteiger partial charge in [-0.25, -0.2) is 4.39 Å². The number of halogens is 2. The van der Waals surface area contributed by atoms with E-state index in [9.17, 15) is 9.18 Å². The highest BCUT2D eigenvalue weighted by Crippen LogP contribution is 2.38. The average molecular weight is 327 g/mol. The monoisotopic (exact) mass is 326 g/mol. The number of amides is 1. The highest BCUT2D eigenvalue weighted by Gasteiger charge is 2.31. The Labute approximate surface area is 120 Å². The Balaban J connectivity index is 1.82. The van der Waals surface area contributed by atoms with Crippen LogP contribution >= 0.6 is 15.9 Å². The number of hydrogen-bond donors (Lipinski definition) is 2. The van der Waals surface area contributed by atoms with Crippen molar-refractivity contribution in [1.82, 2.24) is 10.6 Å². The van der Waals surface area contributed by atoms with Crippen LogP contribution in [0.4, 0.5) is 4.39 Å². The first-order chi connectivity index (χ1) is 9.16. The van der Waals surface area contributed by atoms with Gasteiger partial charge in [-0.05, 0) is 48.9 Å². The lowest BCUT2D eigenvalue weighted by molar-refractivity contribution is -0.124. The fourth-order valence-electron chi connectivity index (χ4n) is 3.01. The van der Waals surface area contributed by atoms with Crippen LogP contribution in [0, 0.1) is 5.82 Å². The third-order valence-electron chi connectivity index (χ3n) is 3.97. The third-order valence-corrected chi connectivity index (χ3v) is 4.66. The largest absolute Gasteiger partial charge is 0.355 e. The zero-order valence-corrected chi connectivity index (χ0v) is 12.1. The first-order valence-corrected chi connectivity index (χ1v) is 7.46. The molecule has 0 aromatic heterocycles. The van der Waals surface area contributed by atoms with Crippen molar-refractivity contribution >= 4 is 21.8 Å². The SMILES string of the molecule is O=C1NCCC[C@@H]1N[C@@H]1CCc2c(F)ccc(Br)c21. The quantitative estimate of drug-likeness (QED) is 0.876. The maximum absolute atomic E-state index is 13.8. The second kappa shape index (κ2) is 5.21. The molecule has 1 aromatic rings. The van der Waals surface area contributed by atoms with E-state index in [1.807, 2.05) is 0 Å². The van der Waals surface area contributed by atoms with Gasteiger partial charge in [-0.1, -0.05) is 15.9 Å². The van der Waals surface area contributed by atoms with E-state index in [2.05, 4.69) is 26.6 Å². The number of benzene rings is 1. The second-order valence-electron chi connectivity index (χ2n) is 5.17. The Hall–Kier alpha value is -0.940. The molecule has 1 saturated heterocycles. The van der Waals surface area contributed by atoms with Crippen LogP contribution in [0.1, 0.15) is 36.4 Å². The maximum atomic E-state index is 13.8. The van der Waals surface area contributed by atoms with E-state index < -0.39 is 0 Å². The molecule has 0 bridgehead atoms. The zero-order valence-electron chi connectivity index (χ0n) is 10.5. The first kappa shape index (κ1) is 13.1. The summed E-state index contributed by atoms with van der Waals surface area (Å²) in [7, 11) is 0. The minimum Gasteiger partial charge on any atom is -0.355 e. The summed E-state index contributed by atoms with van der Waals surface area (Å²) >= 11 is 3.49. The van der Waals surface area contributed by atoms with Gasteiger partial charge < -0.3 is 5.32 Å². The Morgan fingerprint density at radius 2 is 2.16 bits per heavy atom. The number of hydrogen-bond acceptors (Lipinski definition) is 2. The van der Waals surface area contributed by atoms with E-state index in [0.717, 1.165) is 47.8 Å². The molecule has 1 aromatic carbocycles. The normalized spacial score (nSPS) is 26.1. The van der Waals surface area contributed by atoms with E-state index in [4.69, 9.17) is 0 Å². The topological polar surface area (TPSA) is 41.1 Å². The molecule has 1 fully saturated rings. The molecule has 1 heterocycles. The van der Waals surface area contributed by atoms with Gasteiger partial charge in [0.1, 0.15) is 5.82 Å². The van der Waals surface area contributed by atoms with Crippen LogP contribution in [-0.4, -0.2) is 18.5 Å². The van der Waals surface area contributed by atoms with E-state index in [1.165, 1.54) is 6.07 Å². The van der Waals surface area contributed by atoms with Crippen molar-refractivity contribution in [1.29, 1.82) is 0 Å². The molecule has 1 amide bonds. The van der Waals surface area contributed by atoms with E-state index >= 15 is 0 Å². The molecule has 102 valence electrons. The van der Waals surface area contributed by atoms with Gasteiger partial charge in [-0.3, -0.25) is 10.1 Å². The molecule has 2 aliphatic rings. The number of carbonyl (C=O) groups excluding carboxylic acids is 1. The molecule has 19 heavy (non-hydrogen) atoms. The van der Waals surface area contributed by atoms with Crippen molar-refractivity contribution in [2.75, 3.05) is 6.54 Å². The lowest BCUT2D eigenvalue weighted by Crippen LogP contribution is -2.49. The van der Waals surface area contributed by atoms with Crippen molar-refractivity contribution in [3.8, 4) is 0 Å². The smallest absolute Gasteiger partial charge is 0.237 e. The summed E-state index contributed by atoms with van der Waals surface area (Å²) < 4.78 is 14.7. The average Bonchev–Trinajstić information content (AvgIpc) is 2.82. The Kier molecular flexibility index (Phi) is 3.58. The number of nitrogens with one attached hydrogen (secondary N) is 2. The van der Waals surface area contributed by atoms with Gasteiger partial charge in [0.05, 0.1) is 6.04 Å². The molecule has 1 aliphatic carbocycles. The third kappa shape index (κ3) is 2.41. The summed E-state index contributed by atoms with van der Waals surface area (Å²) in [6, 6.07) is 3.15. The van der Waals surface area contributed by atoms with Crippen molar-refractivity contribution < 1.29 is 9.18 Å². The molecule has 0 radical (unpaired) electrons. The zero-order chi connectivity index (χ0) is 13.4. The molecular formula is C14H16BrFN2O. The molecular weight excluding hydrogens is 311 g/mol. The molecule has 1 aliphatic heterocycles. The maximum Gasteiger partial charge on any atom is 0.237 e. The Bertz CT molecular complexity index is 520. The summed E-state index contributed by atoms with van der Waals surface area (Å²) in [4.78, 5) is 11.8. The van der Waals surface area contributed by atoms with Gasteiger partial charge >= 0.3 is 0 Å². The predicted octanol–water partition coefficient (Wildman–Crippen LogP) is 2.44. The van der Waals surface area contributed by atoms with E-state index in [1.54, 1.807) is 6.07 Å². The van der Waals surface area contributed by atoms with Crippen LogP contribution < -0.4 is 10.6 Å². The van der Waals surface area contributed by atoms with Crippen LogP contribution in [-0.2, 0) is 11.2 Å². The minimum absolute atomic E-state index is 0.0622. The molecule has 3 nitrogen and oxygen atoms in total. The first-order valence-electron chi connectivity index (χ1n) is 6.67. The van der Waals surface area contributed by atoms with Crippen molar-refractivity contribution in [3.05, 3.63) is 33.5 Å². The van der Waals surface area contributed by atoms with E-state index in [0.29, 0.717) is 0 Å². The van der Waals surface area contributed by atoms with Gasteiger partial charge in [0.2, 0.25) is 5.91 Å². The summed E-state index contributed by atoms with van der Waals surface area (Å²) in [6.07, 6.45) is 3.42. The van der Waals surface area contributed by atoms with Crippen molar-refractivity contribution in [2.45, 2.75) is 37.8 Å². The van der Waals surface area contributed by atoms with E-state index in [-0.39, 0.29) is 23.8 Å².